The van der Waals surface area contributed by atoms with E-state index in [0.717, 1.165) is 5.56 Å². The maximum absolute atomic E-state index is 14.0. The molecule has 2 aromatic heterocycles. The van der Waals surface area contributed by atoms with Gasteiger partial charge in [-0.15, -0.1) is 0 Å². The second kappa shape index (κ2) is 8.43. The molecule has 8 nitrogen and oxygen atoms in total. The number of carbonyl (C=O) groups excluding carboxylic acids is 1. The number of carbonyl (C=O) groups is 1. The molecule has 0 radical (unpaired) electrons. The molecule has 0 unspecified atom stereocenters. The average Bonchev–Trinajstić information content (AvgIpc) is 3.27. The van der Waals surface area contributed by atoms with Crippen LogP contribution in [-0.2, 0) is 6.54 Å². The summed E-state index contributed by atoms with van der Waals surface area (Å²) in [6, 6.07) is 10.5. The van der Waals surface area contributed by atoms with Gasteiger partial charge in [-0.2, -0.15) is 4.98 Å². The number of benzene rings is 2. The first-order chi connectivity index (χ1) is 15.6. The van der Waals surface area contributed by atoms with E-state index in [-0.39, 0.29) is 11.5 Å². The van der Waals surface area contributed by atoms with Crippen LogP contribution in [0.5, 0.6) is 0 Å². The number of nitrogens with zero attached hydrogens (tertiary/aromatic N) is 6. The molecule has 1 saturated heterocycles. The Morgan fingerprint density at radius 3 is 2.59 bits per heavy atom. The third-order valence-electron chi connectivity index (χ3n) is 5.57. The third kappa shape index (κ3) is 4.06. The summed E-state index contributed by atoms with van der Waals surface area (Å²) in [5.74, 6) is 0.356. The summed E-state index contributed by atoms with van der Waals surface area (Å²) < 4.78 is 19.4. The van der Waals surface area contributed by atoms with Crippen molar-refractivity contribution in [3.05, 3.63) is 71.6 Å². The van der Waals surface area contributed by atoms with E-state index in [1.165, 1.54) is 30.1 Å². The quantitative estimate of drug-likeness (QED) is 0.490. The third-order valence-corrected chi connectivity index (χ3v) is 5.57. The number of halogens is 1. The average molecular weight is 432 g/mol. The SMILES string of the molecule is Cc1ccc(-c2noc(CN3CCN(C(=O)c4cc(F)cc5nccnc45)CC3)n2)cc1. The summed E-state index contributed by atoms with van der Waals surface area (Å²) in [6.07, 6.45) is 2.99. The molecule has 32 heavy (non-hydrogen) atoms. The zero-order valence-corrected chi connectivity index (χ0v) is 17.5. The van der Waals surface area contributed by atoms with Crippen LogP contribution in [-0.4, -0.2) is 62.0 Å². The van der Waals surface area contributed by atoms with E-state index in [2.05, 4.69) is 25.0 Å². The Morgan fingerprint density at radius 2 is 1.81 bits per heavy atom. The van der Waals surface area contributed by atoms with Gasteiger partial charge in [-0.25, -0.2) is 4.39 Å². The van der Waals surface area contributed by atoms with Crippen LogP contribution in [0.2, 0.25) is 0 Å². The maximum Gasteiger partial charge on any atom is 0.256 e. The van der Waals surface area contributed by atoms with Crippen LogP contribution in [0.25, 0.3) is 22.4 Å². The molecule has 3 heterocycles. The van der Waals surface area contributed by atoms with Crippen LogP contribution in [0.1, 0.15) is 21.8 Å². The minimum absolute atomic E-state index is 0.237. The molecule has 5 rings (SSSR count). The normalized spacial score (nSPS) is 14.8. The van der Waals surface area contributed by atoms with Crippen molar-refractivity contribution >= 4 is 16.9 Å². The Labute approximate surface area is 183 Å². The molecule has 0 aliphatic carbocycles. The van der Waals surface area contributed by atoms with E-state index >= 15 is 0 Å². The van der Waals surface area contributed by atoms with Gasteiger partial charge < -0.3 is 9.42 Å². The van der Waals surface area contributed by atoms with Crippen LogP contribution in [0.4, 0.5) is 4.39 Å². The van der Waals surface area contributed by atoms with E-state index in [1.807, 2.05) is 31.2 Å². The summed E-state index contributed by atoms with van der Waals surface area (Å²) in [7, 11) is 0. The standard InChI is InChI=1S/C23H21FN6O2/c1-15-2-4-16(5-3-15)22-27-20(32-28-22)14-29-8-10-30(11-9-29)23(31)18-12-17(24)13-19-21(18)26-7-6-25-19/h2-7,12-13H,8-11,14H2,1H3. The number of fused-ring (bicyclic) bond motifs is 1. The van der Waals surface area contributed by atoms with Crippen molar-refractivity contribution in [3.63, 3.8) is 0 Å². The summed E-state index contributed by atoms with van der Waals surface area (Å²) >= 11 is 0. The van der Waals surface area contributed by atoms with Gasteiger partial charge in [0.25, 0.3) is 5.91 Å². The smallest absolute Gasteiger partial charge is 0.256 e. The van der Waals surface area contributed by atoms with Crippen LogP contribution < -0.4 is 0 Å². The van der Waals surface area contributed by atoms with Gasteiger partial charge in [0, 0.05) is 50.2 Å². The molecular weight excluding hydrogens is 411 g/mol. The van der Waals surface area contributed by atoms with Crippen molar-refractivity contribution in [1.82, 2.24) is 29.9 Å². The first-order valence-electron chi connectivity index (χ1n) is 10.4. The zero-order valence-electron chi connectivity index (χ0n) is 17.5. The van der Waals surface area contributed by atoms with E-state index in [9.17, 15) is 9.18 Å². The molecule has 0 saturated carbocycles. The van der Waals surface area contributed by atoms with Crippen molar-refractivity contribution in [2.75, 3.05) is 26.2 Å². The van der Waals surface area contributed by atoms with E-state index in [4.69, 9.17) is 4.52 Å². The molecule has 0 atom stereocenters. The fraction of sp³-hybridized carbons (Fsp3) is 0.261. The summed E-state index contributed by atoms with van der Waals surface area (Å²) in [5.41, 5.74) is 3.10. The van der Waals surface area contributed by atoms with E-state index in [0.29, 0.717) is 55.5 Å². The lowest BCUT2D eigenvalue weighted by molar-refractivity contribution is 0.0616. The van der Waals surface area contributed by atoms with Crippen LogP contribution in [0.15, 0.2) is 53.3 Å². The minimum atomic E-state index is -0.499. The van der Waals surface area contributed by atoms with Gasteiger partial charge in [-0.3, -0.25) is 19.7 Å². The van der Waals surface area contributed by atoms with Crippen LogP contribution >= 0.6 is 0 Å². The number of piperazine rings is 1. The van der Waals surface area contributed by atoms with Crippen molar-refractivity contribution in [2.45, 2.75) is 13.5 Å². The Balaban J connectivity index is 1.23. The summed E-state index contributed by atoms with van der Waals surface area (Å²) in [5, 5.41) is 4.08. The highest BCUT2D eigenvalue weighted by molar-refractivity contribution is 6.04. The van der Waals surface area contributed by atoms with Crippen molar-refractivity contribution < 1.29 is 13.7 Å². The lowest BCUT2D eigenvalue weighted by Gasteiger charge is -2.34. The van der Waals surface area contributed by atoms with Crippen LogP contribution in [0.3, 0.4) is 0 Å². The second-order valence-electron chi connectivity index (χ2n) is 7.82. The Hall–Kier alpha value is -3.72. The first kappa shape index (κ1) is 20.2. The topological polar surface area (TPSA) is 88.3 Å². The summed E-state index contributed by atoms with van der Waals surface area (Å²) in [6.45, 7) is 4.85. The predicted octanol–water partition coefficient (Wildman–Crippen LogP) is 3.09. The number of amides is 1. The predicted molar refractivity (Wildman–Crippen MR) is 115 cm³/mol. The molecule has 1 fully saturated rings. The number of hydrogen-bond acceptors (Lipinski definition) is 7. The Bertz CT molecular complexity index is 1270. The van der Waals surface area contributed by atoms with Gasteiger partial charge in [-0.1, -0.05) is 35.0 Å². The van der Waals surface area contributed by atoms with E-state index in [1.54, 1.807) is 4.90 Å². The van der Waals surface area contributed by atoms with Crippen LogP contribution in [0, 0.1) is 12.7 Å². The molecule has 1 aliphatic rings. The molecule has 2 aromatic carbocycles. The monoisotopic (exact) mass is 432 g/mol. The maximum atomic E-state index is 14.0. The van der Waals surface area contributed by atoms with Crippen molar-refractivity contribution in [1.29, 1.82) is 0 Å². The van der Waals surface area contributed by atoms with Crippen molar-refractivity contribution in [2.24, 2.45) is 0 Å². The second-order valence-corrected chi connectivity index (χ2v) is 7.82. The van der Waals surface area contributed by atoms with Gasteiger partial charge >= 0.3 is 0 Å². The first-order valence-corrected chi connectivity index (χ1v) is 10.4. The number of rotatable bonds is 4. The largest absolute Gasteiger partial charge is 0.338 e. The molecule has 4 aromatic rings. The Kier molecular flexibility index (Phi) is 5.32. The summed E-state index contributed by atoms with van der Waals surface area (Å²) in [4.78, 5) is 29.7. The molecular formula is C23H21FN6O2. The molecule has 9 heteroatoms. The van der Waals surface area contributed by atoms with E-state index < -0.39 is 5.82 Å². The van der Waals surface area contributed by atoms with Gasteiger partial charge in [0.15, 0.2) is 0 Å². The van der Waals surface area contributed by atoms with Gasteiger partial charge in [0.1, 0.15) is 11.3 Å². The highest BCUT2D eigenvalue weighted by Crippen LogP contribution is 2.20. The van der Waals surface area contributed by atoms with Gasteiger partial charge in [-0.05, 0) is 13.0 Å². The van der Waals surface area contributed by atoms with Gasteiger partial charge in [0.2, 0.25) is 11.7 Å². The number of hydrogen-bond donors (Lipinski definition) is 0. The molecule has 0 bridgehead atoms. The fourth-order valence-electron chi connectivity index (χ4n) is 3.81. The van der Waals surface area contributed by atoms with Gasteiger partial charge in [0.05, 0.1) is 17.6 Å². The van der Waals surface area contributed by atoms with Crippen molar-refractivity contribution in [3.8, 4) is 11.4 Å². The minimum Gasteiger partial charge on any atom is -0.338 e. The molecule has 1 amide bonds. The molecule has 162 valence electrons. The fourth-order valence-corrected chi connectivity index (χ4v) is 3.81. The lowest BCUT2D eigenvalue weighted by atomic mass is 10.1. The lowest BCUT2D eigenvalue weighted by Crippen LogP contribution is -2.48. The molecule has 0 N–H and O–H groups in total. The Morgan fingerprint density at radius 1 is 1.06 bits per heavy atom. The number of aromatic nitrogens is 4. The highest BCUT2D eigenvalue weighted by Gasteiger charge is 2.25. The number of aryl methyl sites for hydroxylation is 1. The zero-order chi connectivity index (χ0) is 22.1. The molecule has 1 aliphatic heterocycles. The molecule has 0 spiro atoms. The highest BCUT2D eigenvalue weighted by atomic mass is 19.1.